The third-order valence-corrected chi connectivity index (χ3v) is 8.04. The van der Waals surface area contributed by atoms with E-state index in [1.165, 1.54) is 11.3 Å². The van der Waals surface area contributed by atoms with Crippen LogP contribution in [0.5, 0.6) is 5.75 Å². The van der Waals surface area contributed by atoms with E-state index in [4.69, 9.17) is 16.3 Å². The van der Waals surface area contributed by atoms with Gasteiger partial charge in [0.05, 0.1) is 16.5 Å². The lowest BCUT2D eigenvalue weighted by atomic mass is 10.1. The highest BCUT2D eigenvalue weighted by Crippen LogP contribution is 2.35. The van der Waals surface area contributed by atoms with Gasteiger partial charge < -0.3 is 9.84 Å². The first-order valence-electron chi connectivity index (χ1n) is 12.9. The highest BCUT2D eigenvalue weighted by molar-refractivity contribution is 7.18. The number of ether oxygens (including phenoxy) is 1. The molecule has 1 N–H and O–H groups in total. The number of unbranched alkanes of at least 4 members (excludes halogenated alkanes) is 1. The fraction of sp³-hybridized carbons (Fsp3) is 0.429. The predicted molar refractivity (Wildman–Crippen MR) is 151 cm³/mol. The van der Waals surface area contributed by atoms with Gasteiger partial charge in [-0.05, 0) is 68.6 Å². The van der Waals surface area contributed by atoms with E-state index < -0.39 is 5.97 Å². The zero-order valence-corrected chi connectivity index (χ0v) is 23.5. The third kappa shape index (κ3) is 6.51. The number of anilines is 1. The number of hydrogen-bond donors (Lipinski definition) is 1. The van der Waals surface area contributed by atoms with Crippen LogP contribution >= 0.6 is 22.9 Å². The topological polar surface area (TPSA) is 95.9 Å². The van der Waals surface area contributed by atoms with Gasteiger partial charge in [-0.3, -0.25) is 19.4 Å². The molecule has 202 valence electrons. The van der Waals surface area contributed by atoms with Crippen LogP contribution in [0, 0.1) is 19.8 Å². The molecule has 1 aromatic heterocycles. The van der Waals surface area contributed by atoms with E-state index >= 15 is 0 Å². The lowest BCUT2D eigenvalue weighted by Crippen LogP contribution is -2.32. The van der Waals surface area contributed by atoms with Gasteiger partial charge in [0.2, 0.25) is 5.13 Å². The van der Waals surface area contributed by atoms with Gasteiger partial charge in [-0.1, -0.05) is 48.4 Å². The van der Waals surface area contributed by atoms with E-state index in [9.17, 15) is 14.7 Å². The van der Waals surface area contributed by atoms with Crippen LogP contribution in [-0.2, 0) is 4.79 Å². The van der Waals surface area contributed by atoms with Crippen LogP contribution in [0.4, 0.5) is 5.13 Å². The van der Waals surface area contributed by atoms with Crippen molar-refractivity contribution in [3.63, 3.8) is 0 Å². The molecule has 3 aromatic rings. The number of carboxylic acid groups (broad SMARTS) is 1. The molecule has 1 fully saturated rings. The van der Waals surface area contributed by atoms with Gasteiger partial charge in [0.25, 0.3) is 5.91 Å². The second-order valence-corrected chi connectivity index (χ2v) is 11.0. The fourth-order valence-electron chi connectivity index (χ4n) is 4.64. The first kappa shape index (κ1) is 28.0. The minimum absolute atomic E-state index is 0.185. The number of amides is 1. The number of hydrogen-bond acceptors (Lipinski definition) is 7. The largest absolute Gasteiger partial charge is 0.492 e. The van der Waals surface area contributed by atoms with Gasteiger partial charge in [0, 0.05) is 25.2 Å². The Labute approximate surface area is 232 Å². The summed E-state index contributed by atoms with van der Waals surface area (Å²) < 4.78 is 6.11. The summed E-state index contributed by atoms with van der Waals surface area (Å²) in [4.78, 5) is 28.3. The Balaban J connectivity index is 1.47. The molecule has 10 heteroatoms. The summed E-state index contributed by atoms with van der Waals surface area (Å²) in [5.41, 5.74) is 3.33. The molecule has 1 atom stereocenters. The number of halogens is 1. The van der Waals surface area contributed by atoms with Crippen molar-refractivity contribution >= 4 is 39.9 Å². The Morgan fingerprint density at radius 2 is 1.95 bits per heavy atom. The summed E-state index contributed by atoms with van der Waals surface area (Å²) in [6.45, 7) is 9.15. The number of carboxylic acids is 1. The van der Waals surface area contributed by atoms with E-state index in [1.54, 1.807) is 29.2 Å². The first-order valence-corrected chi connectivity index (χ1v) is 14.1. The second-order valence-electron chi connectivity index (χ2n) is 9.59. The highest BCUT2D eigenvalue weighted by atomic mass is 35.5. The molecule has 1 saturated heterocycles. The summed E-state index contributed by atoms with van der Waals surface area (Å²) in [7, 11) is 0. The van der Waals surface area contributed by atoms with Crippen molar-refractivity contribution < 1.29 is 19.4 Å². The molecule has 1 amide bonds. The normalized spacial score (nSPS) is 15.5. The number of rotatable bonds is 11. The van der Waals surface area contributed by atoms with Crippen LogP contribution in [0.25, 0.3) is 10.6 Å². The molecule has 2 heterocycles. The molecule has 4 rings (SSSR count). The van der Waals surface area contributed by atoms with Crippen molar-refractivity contribution in [1.82, 2.24) is 15.1 Å². The molecule has 0 radical (unpaired) electrons. The van der Waals surface area contributed by atoms with E-state index in [1.807, 2.05) is 26.0 Å². The average Bonchev–Trinajstić information content (AvgIpc) is 3.56. The van der Waals surface area contributed by atoms with Crippen LogP contribution in [0.3, 0.4) is 0 Å². The van der Waals surface area contributed by atoms with Gasteiger partial charge in [0.1, 0.15) is 17.4 Å². The number of likely N-dealkylation sites (tertiary alicyclic amines) is 1. The molecule has 2 aromatic carbocycles. The number of carbonyl (C=O) groups excluding carboxylic acids is 1. The van der Waals surface area contributed by atoms with E-state index in [0.717, 1.165) is 46.8 Å². The summed E-state index contributed by atoms with van der Waals surface area (Å²) in [5.74, 6) is -0.369. The number of benzene rings is 2. The standard InChI is InChI=1S/C28H33ClN4O4S/c1-4-5-11-33(26(34)22-8-6-7-9-23(22)29)28-31-30-25(38-28)21-15-18(2)24(19(3)16-21)37-14-13-32-12-10-20(17-32)27(35)36/h6-9,15-16,20H,4-5,10-14,17H2,1-3H3,(H,35,36). The van der Waals surface area contributed by atoms with Crippen molar-refractivity contribution in [3.8, 4) is 16.3 Å². The van der Waals surface area contributed by atoms with Crippen molar-refractivity contribution in [2.45, 2.75) is 40.0 Å². The Morgan fingerprint density at radius 1 is 1.21 bits per heavy atom. The van der Waals surface area contributed by atoms with Crippen LogP contribution in [0.1, 0.15) is 47.7 Å². The number of carbonyl (C=O) groups is 2. The van der Waals surface area contributed by atoms with Crippen LogP contribution in [0.2, 0.25) is 5.02 Å². The molecular formula is C28H33ClN4O4S. The maximum absolute atomic E-state index is 13.3. The Morgan fingerprint density at radius 3 is 2.61 bits per heavy atom. The molecule has 0 bridgehead atoms. The zero-order chi connectivity index (χ0) is 27.2. The lowest BCUT2D eigenvalue weighted by molar-refractivity contribution is -0.141. The van der Waals surface area contributed by atoms with Crippen molar-refractivity contribution in [2.24, 2.45) is 5.92 Å². The summed E-state index contributed by atoms with van der Waals surface area (Å²) in [6.07, 6.45) is 2.46. The molecule has 0 saturated carbocycles. The second kappa shape index (κ2) is 12.7. The zero-order valence-electron chi connectivity index (χ0n) is 21.9. The Bertz CT molecular complexity index is 1270. The van der Waals surface area contributed by atoms with Gasteiger partial charge in [-0.15, -0.1) is 10.2 Å². The lowest BCUT2D eigenvalue weighted by Gasteiger charge is -2.19. The molecule has 1 aliphatic rings. The third-order valence-electron chi connectivity index (χ3n) is 6.71. The summed E-state index contributed by atoms with van der Waals surface area (Å²) >= 11 is 7.69. The number of aromatic nitrogens is 2. The molecule has 0 aliphatic carbocycles. The monoisotopic (exact) mass is 556 g/mol. The fourth-order valence-corrected chi connectivity index (χ4v) is 5.71. The maximum atomic E-state index is 13.3. The SMILES string of the molecule is CCCCN(C(=O)c1ccccc1Cl)c1nnc(-c2cc(C)c(OCCN3CCC(C(=O)O)C3)c(C)c2)s1. The first-order chi connectivity index (χ1) is 18.3. The van der Waals surface area contributed by atoms with Crippen molar-refractivity contribution in [3.05, 3.63) is 58.1 Å². The van der Waals surface area contributed by atoms with Gasteiger partial charge >= 0.3 is 5.97 Å². The number of aliphatic carboxylic acids is 1. The molecule has 1 unspecified atom stereocenters. The van der Waals surface area contributed by atoms with Crippen LogP contribution in [-0.4, -0.2) is 64.9 Å². The van der Waals surface area contributed by atoms with Gasteiger partial charge in [0.15, 0.2) is 0 Å². The van der Waals surface area contributed by atoms with Crippen LogP contribution in [0.15, 0.2) is 36.4 Å². The van der Waals surface area contributed by atoms with Crippen molar-refractivity contribution in [1.29, 1.82) is 0 Å². The summed E-state index contributed by atoms with van der Waals surface area (Å²) in [6, 6.07) is 11.1. The molecule has 8 nitrogen and oxygen atoms in total. The minimum atomic E-state index is -0.725. The molecular weight excluding hydrogens is 524 g/mol. The van der Waals surface area contributed by atoms with Gasteiger partial charge in [-0.25, -0.2) is 0 Å². The minimum Gasteiger partial charge on any atom is -0.492 e. The smallest absolute Gasteiger partial charge is 0.307 e. The van der Waals surface area contributed by atoms with Crippen LogP contribution < -0.4 is 9.64 Å². The highest BCUT2D eigenvalue weighted by Gasteiger charge is 2.28. The molecule has 0 spiro atoms. The van der Waals surface area contributed by atoms with Gasteiger partial charge in [-0.2, -0.15) is 0 Å². The molecule has 1 aliphatic heterocycles. The quantitative estimate of drug-likeness (QED) is 0.323. The van der Waals surface area contributed by atoms with E-state index in [0.29, 0.717) is 48.4 Å². The van der Waals surface area contributed by atoms with Crippen molar-refractivity contribution in [2.75, 3.05) is 37.7 Å². The Kier molecular flexibility index (Phi) is 9.35. The predicted octanol–water partition coefficient (Wildman–Crippen LogP) is 5.71. The molecule has 38 heavy (non-hydrogen) atoms. The van der Waals surface area contributed by atoms with E-state index in [2.05, 4.69) is 22.0 Å². The Hall–Kier alpha value is -3.01. The number of aryl methyl sites for hydroxylation is 2. The summed E-state index contributed by atoms with van der Waals surface area (Å²) in [5, 5.41) is 19.7. The number of nitrogens with zero attached hydrogens (tertiary/aromatic N) is 4. The van der Waals surface area contributed by atoms with E-state index in [-0.39, 0.29) is 11.8 Å². The average molecular weight is 557 g/mol. The maximum Gasteiger partial charge on any atom is 0.307 e.